The van der Waals surface area contributed by atoms with Crippen molar-refractivity contribution in [1.29, 1.82) is 0 Å². The Morgan fingerprint density at radius 2 is 1.57 bits per heavy atom. The molecule has 0 aromatic heterocycles. The molecule has 0 aliphatic rings. The van der Waals surface area contributed by atoms with Gasteiger partial charge in [-0.1, -0.05) is 30.3 Å². The molecule has 0 bridgehead atoms. The Labute approximate surface area is 205 Å². The highest BCUT2D eigenvalue weighted by atomic mass is 32.2. The largest absolute Gasteiger partial charge is 0.497 e. The third kappa shape index (κ3) is 6.81. The normalized spacial score (nSPS) is 11.4. The van der Waals surface area contributed by atoms with E-state index in [9.17, 15) is 13.2 Å². The van der Waals surface area contributed by atoms with Gasteiger partial charge in [0.1, 0.15) is 22.1 Å². The van der Waals surface area contributed by atoms with Gasteiger partial charge in [-0.05, 0) is 47.5 Å². The van der Waals surface area contributed by atoms with Crippen LogP contribution >= 0.6 is 0 Å². The number of carbonyl (C=O) groups excluding carboxylic acids is 1. The fraction of sp³-hybridized carbons (Fsp3) is 0.200. The first-order chi connectivity index (χ1) is 16.9. The monoisotopic (exact) mass is 497 g/mol. The molecule has 0 aliphatic heterocycles. The maximum atomic E-state index is 13.6. The van der Waals surface area contributed by atoms with E-state index < -0.39 is 22.5 Å². The molecule has 0 unspecified atom stereocenters. The lowest BCUT2D eigenvalue weighted by molar-refractivity contribution is -0.121. The molecular weight excluding hydrogens is 470 g/mol. The van der Waals surface area contributed by atoms with Crippen LogP contribution in [0.25, 0.3) is 0 Å². The predicted octanol–water partition coefficient (Wildman–Crippen LogP) is 3.05. The van der Waals surface area contributed by atoms with Gasteiger partial charge in [0, 0.05) is 12.6 Å². The number of methoxy groups -OCH3 is 3. The van der Waals surface area contributed by atoms with E-state index in [1.165, 1.54) is 32.6 Å². The predicted molar refractivity (Wildman–Crippen MR) is 132 cm³/mol. The van der Waals surface area contributed by atoms with Crippen LogP contribution < -0.4 is 19.6 Å². The topological polar surface area (TPSA) is 107 Å². The van der Waals surface area contributed by atoms with E-state index in [0.29, 0.717) is 17.1 Å². The number of hydrogen-bond donors (Lipinski definition) is 1. The Hall–Kier alpha value is -3.89. The quantitative estimate of drug-likeness (QED) is 0.322. The van der Waals surface area contributed by atoms with Crippen molar-refractivity contribution in [2.75, 3.05) is 27.9 Å². The van der Waals surface area contributed by atoms with Crippen LogP contribution in [0.15, 0.2) is 82.8 Å². The molecule has 1 N–H and O–H groups in total. The summed E-state index contributed by atoms with van der Waals surface area (Å²) in [6.07, 6.45) is 1.46. The Morgan fingerprint density at radius 1 is 0.914 bits per heavy atom. The molecule has 0 atom stereocenters. The van der Waals surface area contributed by atoms with Gasteiger partial charge in [0.05, 0.1) is 34.1 Å². The van der Waals surface area contributed by atoms with E-state index in [4.69, 9.17) is 14.2 Å². The van der Waals surface area contributed by atoms with E-state index in [2.05, 4.69) is 10.5 Å². The molecule has 0 aliphatic carbocycles. The lowest BCUT2D eigenvalue weighted by atomic mass is 10.2. The average Bonchev–Trinajstić information content (AvgIpc) is 2.88. The van der Waals surface area contributed by atoms with Gasteiger partial charge in [0.2, 0.25) is 10.0 Å². The molecule has 3 rings (SSSR count). The molecule has 10 heteroatoms. The van der Waals surface area contributed by atoms with E-state index in [-0.39, 0.29) is 17.2 Å². The third-order valence-corrected chi connectivity index (χ3v) is 6.84. The second-order valence-electron chi connectivity index (χ2n) is 7.34. The van der Waals surface area contributed by atoms with Gasteiger partial charge >= 0.3 is 0 Å². The van der Waals surface area contributed by atoms with Gasteiger partial charge in [0.15, 0.2) is 0 Å². The summed E-state index contributed by atoms with van der Waals surface area (Å²) in [6.45, 7) is -0.489. The summed E-state index contributed by atoms with van der Waals surface area (Å²) >= 11 is 0. The molecule has 0 saturated carbocycles. The number of amides is 1. The zero-order chi connectivity index (χ0) is 25.3. The van der Waals surface area contributed by atoms with Crippen molar-refractivity contribution in [3.05, 3.63) is 83.9 Å². The van der Waals surface area contributed by atoms with Crippen LogP contribution in [0, 0.1) is 0 Å². The van der Waals surface area contributed by atoms with Crippen LogP contribution in [0.5, 0.6) is 17.2 Å². The van der Waals surface area contributed by atoms with Crippen molar-refractivity contribution in [2.45, 2.75) is 11.4 Å². The smallest absolute Gasteiger partial charge is 0.255 e. The van der Waals surface area contributed by atoms with Gasteiger partial charge in [0.25, 0.3) is 5.91 Å². The van der Waals surface area contributed by atoms with Crippen LogP contribution in [0.2, 0.25) is 0 Å². The summed E-state index contributed by atoms with van der Waals surface area (Å²) in [5.74, 6) is 0.580. The van der Waals surface area contributed by atoms with Gasteiger partial charge in [-0.3, -0.25) is 4.79 Å². The highest BCUT2D eigenvalue weighted by Gasteiger charge is 2.30. The summed E-state index contributed by atoms with van der Waals surface area (Å²) in [6, 6.07) is 20.5. The van der Waals surface area contributed by atoms with E-state index in [1.807, 2.05) is 6.07 Å². The minimum absolute atomic E-state index is 0.0286. The van der Waals surface area contributed by atoms with E-state index in [0.717, 1.165) is 9.87 Å². The average molecular weight is 498 g/mol. The molecule has 0 heterocycles. The van der Waals surface area contributed by atoms with Crippen LogP contribution in [-0.4, -0.2) is 52.7 Å². The van der Waals surface area contributed by atoms with Crippen molar-refractivity contribution < 1.29 is 27.4 Å². The Kier molecular flexibility index (Phi) is 8.82. The summed E-state index contributed by atoms with van der Waals surface area (Å²) in [5, 5.41) is 3.94. The first-order valence-electron chi connectivity index (χ1n) is 10.6. The number of hydrazone groups is 1. The van der Waals surface area contributed by atoms with Crippen molar-refractivity contribution in [2.24, 2.45) is 5.10 Å². The molecule has 1 amide bonds. The maximum absolute atomic E-state index is 13.6. The molecule has 184 valence electrons. The Morgan fingerprint density at radius 3 is 2.20 bits per heavy atom. The van der Waals surface area contributed by atoms with Crippen molar-refractivity contribution in [1.82, 2.24) is 9.73 Å². The molecule has 35 heavy (non-hydrogen) atoms. The molecule has 9 nitrogen and oxygen atoms in total. The highest BCUT2D eigenvalue weighted by Crippen LogP contribution is 2.31. The molecule has 0 saturated heterocycles. The van der Waals surface area contributed by atoms with Gasteiger partial charge < -0.3 is 14.2 Å². The number of nitrogens with one attached hydrogen (secondary N) is 1. The lowest BCUT2D eigenvalue weighted by Crippen LogP contribution is -2.39. The van der Waals surface area contributed by atoms with Gasteiger partial charge in [-0.25, -0.2) is 13.8 Å². The van der Waals surface area contributed by atoms with Crippen molar-refractivity contribution >= 4 is 22.1 Å². The molecule has 0 fully saturated rings. The number of rotatable bonds is 11. The van der Waals surface area contributed by atoms with Crippen molar-refractivity contribution in [3.63, 3.8) is 0 Å². The molecule has 0 spiro atoms. The van der Waals surface area contributed by atoms with Crippen LogP contribution in [0.3, 0.4) is 0 Å². The minimum Gasteiger partial charge on any atom is -0.497 e. The minimum atomic E-state index is -4.15. The van der Waals surface area contributed by atoms with Gasteiger partial charge in [-0.2, -0.15) is 9.41 Å². The lowest BCUT2D eigenvalue weighted by Gasteiger charge is -2.23. The number of ether oxygens (including phenoxy) is 3. The fourth-order valence-electron chi connectivity index (χ4n) is 3.20. The van der Waals surface area contributed by atoms with E-state index in [1.54, 1.807) is 61.7 Å². The molecule has 3 aromatic rings. The zero-order valence-corrected chi connectivity index (χ0v) is 20.5. The Bertz CT molecular complexity index is 1260. The van der Waals surface area contributed by atoms with Crippen LogP contribution in [0.4, 0.5) is 0 Å². The fourth-order valence-corrected chi connectivity index (χ4v) is 4.76. The summed E-state index contributed by atoms with van der Waals surface area (Å²) < 4.78 is 43.9. The van der Waals surface area contributed by atoms with Crippen LogP contribution in [0.1, 0.15) is 11.1 Å². The van der Waals surface area contributed by atoms with Crippen molar-refractivity contribution in [3.8, 4) is 17.2 Å². The third-order valence-electron chi connectivity index (χ3n) is 5.03. The van der Waals surface area contributed by atoms with Crippen LogP contribution in [-0.2, 0) is 21.4 Å². The number of carbonyl (C=O) groups is 1. The summed E-state index contributed by atoms with van der Waals surface area (Å²) in [7, 11) is 0.233. The standard InChI is InChI=1S/C25H27N3O6S/c1-32-21-11-9-19(10-12-21)16-26-27-25(29)18-28(17-20-7-5-4-6-8-20)35(30,31)24-15-22(33-2)13-14-23(24)34-3/h4-16H,17-18H2,1-3H3,(H,27,29). The first-order valence-corrected chi connectivity index (χ1v) is 12.0. The van der Waals surface area contributed by atoms with E-state index >= 15 is 0 Å². The second kappa shape index (κ2) is 12.0. The highest BCUT2D eigenvalue weighted by molar-refractivity contribution is 7.89. The van der Waals surface area contributed by atoms with Gasteiger partial charge in [-0.15, -0.1) is 0 Å². The molecule has 0 radical (unpaired) electrons. The first kappa shape index (κ1) is 25.7. The SMILES string of the molecule is COc1ccc(C=NNC(=O)CN(Cc2ccccc2)S(=O)(=O)c2cc(OC)ccc2OC)cc1. The summed E-state index contributed by atoms with van der Waals surface area (Å²) in [5.41, 5.74) is 3.84. The number of hydrogen-bond acceptors (Lipinski definition) is 7. The number of sulfonamides is 1. The second-order valence-corrected chi connectivity index (χ2v) is 9.25. The molecular formula is C25H27N3O6S. The number of benzene rings is 3. The summed E-state index contributed by atoms with van der Waals surface area (Å²) in [4.78, 5) is 12.6. The zero-order valence-electron chi connectivity index (χ0n) is 19.7. The maximum Gasteiger partial charge on any atom is 0.255 e. The molecule has 3 aromatic carbocycles. The number of nitrogens with zero attached hydrogens (tertiary/aromatic N) is 2. The Balaban J connectivity index is 1.84.